The fraction of sp³-hybridized carbons (Fsp3) is 0.562. The number of guanidine groups is 1. The lowest BCUT2D eigenvalue weighted by Gasteiger charge is -2.12. The van der Waals surface area contributed by atoms with Crippen LogP contribution in [0.3, 0.4) is 0 Å². The molecule has 6 heteroatoms. The van der Waals surface area contributed by atoms with E-state index in [1.807, 2.05) is 6.07 Å². The van der Waals surface area contributed by atoms with Crippen LogP contribution in [0.25, 0.3) is 0 Å². The third-order valence-electron chi connectivity index (χ3n) is 3.01. The summed E-state index contributed by atoms with van der Waals surface area (Å²) >= 11 is 0. The van der Waals surface area contributed by atoms with Crippen molar-refractivity contribution >= 4 is 5.96 Å². The molecule has 22 heavy (non-hydrogen) atoms. The zero-order chi connectivity index (χ0) is 16.0. The quantitative estimate of drug-likeness (QED) is 0.391. The number of aliphatic imine (C=N–C) groups is 1. The highest BCUT2D eigenvalue weighted by Gasteiger charge is 1.99. The second-order valence-electron chi connectivity index (χ2n) is 4.76. The Morgan fingerprint density at radius 2 is 2.00 bits per heavy atom. The Morgan fingerprint density at radius 3 is 2.73 bits per heavy atom. The van der Waals surface area contributed by atoms with E-state index in [0.29, 0.717) is 26.4 Å². The maximum Gasteiger partial charge on any atom is 0.190 e. The Morgan fingerprint density at radius 1 is 1.18 bits per heavy atom. The van der Waals surface area contributed by atoms with Gasteiger partial charge in [-0.15, -0.1) is 0 Å². The van der Waals surface area contributed by atoms with Gasteiger partial charge in [0, 0.05) is 33.9 Å². The third-order valence-corrected chi connectivity index (χ3v) is 3.01. The van der Waals surface area contributed by atoms with E-state index in [4.69, 9.17) is 9.47 Å². The Hall–Kier alpha value is -1.66. The molecule has 0 amide bonds. The number of hydrogen-bond donors (Lipinski definition) is 2. The predicted octanol–water partition coefficient (Wildman–Crippen LogP) is 1.59. The van der Waals surface area contributed by atoms with Crippen LogP contribution in [-0.4, -0.2) is 53.0 Å². The van der Waals surface area contributed by atoms with Crippen molar-refractivity contribution in [3.63, 3.8) is 0 Å². The lowest BCUT2D eigenvalue weighted by molar-refractivity contribution is 0.0698. The fourth-order valence-electron chi connectivity index (χ4n) is 1.86. The molecule has 1 aromatic carbocycles. The van der Waals surface area contributed by atoms with E-state index in [2.05, 4.69) is 15.6 Å². The molecule has 5 nitrogen and oxygen atoms in total. The SMILES string of the molecule is CN=C(NCCCOCCOC)NCCc1cccc(F)c1. The summed E-state index contributed by atoms with van der Waals surface area (Å²) in [4.78, 5) is 4.14. The highest BCUT2D eigenvalue weighted by molar-refractivity contribution is 5.79. The summed E-state index contributed by atoms with van der Waals surface area (Å²) < 4.78 is 23.3. The maximum atomic E-state index is 13.1. The van der Waals surface area contributed by atoms with Gasteiger partial charge in [-0.25, -0.2) is 4.39 Å². The minimum absolute atomic E-state index is 0.200. The minimum Gasteiger partial charge on any atom is -0.382 e. The average molecular weight is 311 g/mol. The van der Waals surface area contributed by atoms with Crippen LogP contribution in [0.5, 0.6) is 0 Å². The molecule has 0 heterocycles. The number of ether oxygens (including phenoxy) is 2. The normalized spacial score (nSPS) is 11.5. The van der Waals surface area contributed by atoms with Crippen molar-refractivity contribution in [3.8, 4) is 0 Å². The number of nitrogens with one attached hydrogen (secondary N) is 2. The molecule has 2 N–H and O–H groups in total. The van der Waals surface area contributed by atoms with Gasteiger partial charge in [0.15, 0.2) is 5.96 Å². The molecule has 0 unspecified atom stereocenters. The predicted molar refractivity (Wildman–Crippen MR) is 86.8 cm³/mol. The number of rotatable bonds is 10. The monoisotopic (exact) mass is 311 g/mol. The van der Waals surface area contributed by atoms with E-state index in [-0.39, 0.29) is 5.82 Å². The lowest BCUT2D eigenvalue weighted by atomic mass is 10.1. The van der Waals surface area contributed by atoms with Crippen molar-refractivity contribution in [1.82, 2.24) is 10.6 Å². The Bertz CT molecular complexity index is 441. The minimum atomic E-state index is -0.200. The van der Waals surface area contributed by atoms with E-state index in [1.54, 1.807) is 26.3 Å². The van der Waals surface area contributed by atoms with Crippen LogP contribution in [0.15, 0.2) is 29.3 Å². The van der Waals surface area contributed by atoms with Crippen LogP contribution < -0.4 is 10.6 Å². The van der Waals surface area contributed by atoms with Crippen molar-refractivity contribution in [2.75, 3.05) is 47.1 Å². The molecule has 1 aromatic rings. The van der Waals surface area contributed by atoms with Gasteiger partial charge in [0.05, 0.1) is 13.2 Å². The number of methoxy groups -OCH3 is 1. The van der Waals surface area contributed by atoms with Crippen LogP contribution in [0.1, 0.15) is 12.0 Å². The van der Waals surface area contributed by atoms with E-state index < -0.39 is 0 Å². The molecule has 0 aromatic heterocycles. The van der Waals surface area contributed by atoms with Gasteiger partial charge in [-0.3, -0.25) is 4.99 Å². The van der Waals surface area contributed by atoms with Gasteiger partial charge in [0.25, 0.3) is 0 Å². The van der Waals surface area contributed by atoms with Crippen molar-refractivity contribution in [2.24, 2.45) is 4.99 Å². The standard InChI is InChI=1S/C16H26FN3O2/c1-18-16(19-8-4-10-22-12-11-21-2)20-9-7-14-5-3-6-15(17)13-14/h3,5-6,13H,4,7-12H2,1-2H3,(H2,18,19,20). The summed E-state index contributed by atoms with van der Waals surface area (Å²) in [6, 6.07) is 6.64. The van der Waals surface area contributed by atoms with Crippen molar-refractivity contribution in [3.05, 3.63) is 35.6 Å². The van der Waals surface area contributed by atoms with E-state index in [1.165, 1.54) is 6.07 Å². The van der Waals surface area contributed by atoms with Gasteiger partial charge in [0.1, 0.15) is 5.82 Å². The maximum absolute atomic E-state index is 13.1. The van der Waals surface area contributed by atoms with Gasteiger partial charge < -0.3 is 20.1 Å². The molecule has 0 aliphatic rings. The molecular formula is C16H26FN3O2. The largest absolute Gasteiger partial charge is 0.382 e. The van der Waals surface area contributed by atoms with Gasteiger partial charge >= 0.3 is 0 Å². The first kappa shape index (κ1) is 18.4. The van der Waals surface area contributed by atoms with E-state index in [0.717, 1.165) is 30.9 Å². The summed E-state index contributed by atoms with van der Waals surface area (Å²) in [6.07, 6.45) is 1.65. The molecule has 0 fully saturated rings. The molecule has 0 saturated carbocycles. The van der Waals surface area contributed by atoms with Crippen molar-refractivity contribution in [1.29, 1.82) is 0 Å². The number of nitrogens with zero attached hydrogens (tertiary/aromatic N) is 1. The molecule has 0 aliphatic heterocycles. The average Bonchev–Trinajstić information content (AvgIpc) is 2.52. The summed E-state index contributed by atoms with van der Waals surface area (Å²) in [6.45, 7) is 3.42. The first-order valence-corrected chi connectivity index (χ1v) is 7.52. The van der Waals surface area contributed by atoms with Gasteiger partial charge in [-0.2, -0.15) is 0 Å². The van der Waals surface area contributed by atoms with Crippen LogP contribution >= 0.6 is 0 Å². The fourth-order valence-corrected chi connectivity index (χ4v) is 1.86. The van der Waals surface area contributed by atoms with Crippen molar-refractivity contribution < 1.29 is 13.9 Å². The Kier molecular flexibility index (Phi) is 9.98. The first-order chi connectivity index (χ1) is 10.8. The number of hydrogen-bond acceptors (Lipinski definition) is 3. The smallest absolute Gasteiger partial charge is 0.190 e. The van der Waals surface area contributed by atoms with Crippen LogP contribution in [0, 0.1) is 5.82 Å². The number of benzene rings is 1. The highest BCUT2D eigenvalue weighted by Crippen LogP contribution is 2.03. The van der Waals surface area contributed by atoms with Crippen LogP contribution in [0.4, 0.5) is 4.39 Å². The summed E-state index contributed by atoms with van der Waals surface area (Å²) in [7, 11) is 3.39. The van der Waals surface area contributed by atoms with E-state index in [9.17, 15) is 4.39 Å². The molecular weight excluding hydrogens is 285 g/mol. The Balaban J connectivity index is 2.10. The number of halogens is 1. The van der Waals surface area contributed by atoms with Crippen LogP contribution in [0.2, 0.25) is 0 Å². The molecule has 0 saturated heterocycles. The van der Waals surface area contributed by atoms with Gasteiger partial charge in [0.2, 0.25) is 0 Å². The molecule has 0 spiro atoms. The molecule has 0 aliphatic carbocycles. The molecule has 0 radical (unpaired) electrons. The zero-order valence-electron chi connectivity index (χ0n) is 13.4. The summed E-state index contributed by atoms with van der Waals surface area (Å²) in [5, 5.41) is 6.42. The van der Waals surface area contributed by atoms with Crippen molar-refractivity contribution in [2.45, 2.75) is 12.8 Å². The summed E-state index contributed by atoms with van der Waals surface area (Å²) in [5.74, 6) is 0.543. The second kappa shape index (κ2) is 11.9. The van der Waals surface area contributed by atoms with Gasteiger partial charge in [-0.05, 0) is 30.5 Å². The molecule has 124 valence electrons. The highest BCUT2D eigenvalue weighted by atomic mass is 19.1. The molecule has 1 rings (SSSR count). The second-order valence-corrected chi connectivity index (χ2v) is 4.76. The van der Waals surface area contributed by atoms with Gasteiger partial charge in [-0.1, -0.05) is 12.1 Å². The molecule has 0 atom stereocenters. The first-order valence-electron chi connectivity index (χ1n) is 7.52. The zero-order valence-corrected chi connectivity index (χ0v) is 13.4. The van der Waals surface area contributed by atoms with E-state index >= 15 is 0 Å². The third kappa shape index (κ3) is 8.59. The van der Waals surface area contributed by atoms with Crippen LogP contribution in [-0.2, 0) is 15.9 Å². The summed E-state index contributed by atoms with van der Waals surface area (Å²) in [5.41, 5.74) is 0.967. The lowest BCUT2D eigenvalue weighted by Crippen LogP contribution is -2.39. The topological polar surface area (TPSA) is 54.9 Å². The molecule has 0 bridgehead atoms. The Labute approximate surface area is 131 Å².